The summed E-state index contributed by atoms with van der Waals surface area (Å²) in [6, 6.07) is 47.9. The summed E-state index contributed by atoms with van der Waals surface area (Å²) in [5.41, 5.74) is 1.77. The molecule has 0 saturated heterocycles. The maximum absolute atomic E-state index is 11.5. The largest absolute Gasteiger partial charge is 0.555 e. The Balaban J connectivity index is 1.17. The quantitative estimate of drug-likeness (QED) is 0.112. The van der Waals surface area contributed by atoms with E-state index in [1.54, 1.807) is 15.0 Å². The Hall–Kier alpha value is -6.13. The lowest BCUT2D eigenvalue weighted by molar-refractivity contribution is 0.453. The molecule has 4 nitrogen and oxygen atoms in total. The van der Waals surface area contributed by atoms with Crippen LogP contribution in [0.2, 0.25) is 0 Å². The zero-order valence-electron chi connectivity index (χ0n) is 25.7. The third-order valence-corrected chi connectivity index (χ3v) is 9.32. The topological polar surface area (TPSA) is 58.9 Å². The summed E-state index contributed by atoms with van der Waals surface area (Å²) < 4.78 is 13.0. The average molecular weight is 616 g/mol. The Kier molecular flexibility index (Phi) is 6.61. The molecule has 0 aliphatic heterocycles. The van der Waals surface area contributed by atoms with Crippen LogP contribution in [-0.2, 0) is 0 Å². The molecule has 0 aliphatic rings. The predicted octanol–water partition coefficient (Wildman–Crippen LogP) is 8.66. The SMILES string of the molecule is Oc1c(O[B]c2c3ccccc3c([B]Oc3c(O)c4ccccc4c4ccccc34)c3ccccc23)c2ccccc2c2ccccc12. The molecule has 9 rings (SSSR count). The van der Waals surface area contributed by atoms with Gasteiger partial charge in [-0.15, -0.1) is 0 Å². The van der Waals surface area contributed by atoms with Crippen LogP contribution in [0.4, 0.5) is 0 Å². The lowest BCUT2D eigenvalue weighted by atomic mass is 9.72. The Morgan fingerprint density at radius 3 is 0.833 bits per heavy atom. The van der Waals surface area contributed by atoms with Crippen LogP contribution in [0.5, 0.6) is 23.0 Å². The molecule has 0 bridgehead atoms. The minimum absolute atomic E-state index is 0.106. The van der Waals surface area contributed by atoms with Gasteiger partial charge in [-0.2, -0.15) is 0 Å². The molecule has 0 heterocycles. The summed E-state index contributed by atoms with van der Waals surface area (Å²) >= 11 is 0. The number of hydrogen-bond donors (Lipinski definition) is 2. The van der Waals surface area contributed by atoms with E-state index in [-0.39, 0.29) is 11.5 Å². The molecule has 0 saturated carbocycles. The van der Waals surface area contributed by atoms with Crippen LogP contribution in [0.1, 0.15) is 0 Å². The second-order valence-corrected chi connectivity index (χ2v) is 11.9. The number of fused-ring (bicyclic) bond motifs is 8. The number of aromatic hydroxyl groups is 2. The summed E-state index contributed by atoms with van der Waals surface area (Å²) in [7, 11) is 3.49. The van der Waals surface area contributed by atoms with E-state index in [0.717, 1.165) is 75.6 Å². The maximum Gasteiger partial charge on any atom is 0.410 e. The molecule has 2 radical (unpaired) electrons. The van der Waals surface area contributed by atoms with Gasteiger partial charge in [0, 0.05) is 21.5 Å². The monoisotopic (exact) mass is 616 g/mol. The first-order chi connectivity index (χ1) is 23.7. The van der Waals surface area contributed by atoms with Crippen LogP contribution in [0.3, 0.4) is 0 Å². The molecule has 9 aromatic rings. The molecule has 0 atom stereocenters. The fourth-order valence-corrected chi connectivity index (χ4v) is 7.10. The summed E-state index contributed by atoms with van der Waals surface area (Å²) in [5.74, 6) is 1.04. The smallest absolute Gasteiger partial charge is 0.410 e. The number of rotatable bonds is 6. The lowest BCUT2D eigenvalue weighted by Gasteiger charge is -2.19. The average Bonchev–Trinajstić information content (AvgIpc) is 3.15. The van der Waals surface area contributed by atoms with Crippen molar-refractivity contribution in [1.82, 2.24) is 0 Å². The van der Waals surface area contributed by atoms with E-state index in [0.29, 0.717) is 11.5 Å². The predicted molar refractivity (Wildman–Crippen MR) is 200 cm³/mol. The van der Waals surface area contributed by atoms with Crippen LogP contribution in [-0.4, -0.2) is 25.2 Å². The highest BCUT2D eigenvalue weighted by molar-refractivity contribution is 6.63. The fraction of sp³-hybridized carbons (Fsp3) is 0. The van der Waals surface area contributed by atoms with Crippen LogP contribution < -0.4 is 20.2 Å². The van der Waals surface area contributed by atoms with E-state index in [2.05, 4.69) is 36.4 Å². The van der Waals surface area contributed by atoms with Gasteiger partial charge in [0.1, 0.15) is 0 Å². The van der Waals surface area contributed by atoms with E-state index >= 15 is 0 Å². The van der Waals surface area contributed by atoms with E-state index < -0.39 is 0 Å². The molecule has 224 valence electrons. The van der Waals surface area contributed by atoms with Gasteiger partial charge >= 0.3 is 15.0 Å². The van der Waals surface area contributed by atoms with Crippen LogP contribution in [0.15, 0.2) is 146 Å². The second kappa shape index (κ2) is 11.3. The van der Waals surface area contributed by atoms with Crippen molar-refractivity contribution in [2.24, 2.45) is 0 Å². The first-order valence-corrected chi connectivity index (χ1v) is 15.9. The van der Waals surface area contributed by atoms with Crippen molar-refractivity contribution in [3.8, 4) is 23.0 Å². The molecule has 0 aliphatic carbocycles. The van der Waals surface area contributed by atoms with Gasteiger partial charge in [-0.1, -0.05) is 146 Å². The number of phenols is 2. The van der Waals surface area contributed by atoms with Crippen molar-refractivity contribution < 1.29 is 19.5 Å². The minimum Gasteiger partial charge on any atom is -0.555 e. The number of hydrogen-bond acceptors (Lipinski definition) is 4. The zero-order chi connectivity index (χ0) is 32.2. The highest BCUT2D eigenvalue weighted by Crippen LogP contribution is 2.44. The minimum atomic E-state index is 0.106. The Labute approximate surface area is 277 Å². The molecule has 0 spiro atoms. The van der Waals surface area contributed by atoms with Crippen molar-refractivity contribution in [3.05, 3.63) is 146 Å². The summed E-state index contributed by atoms with van der Waals surface area (Å²) in [6.45, 7) is 0. The van der Waals surface area contributed by atoms with E-state index in [1.807, 2.05) is 109 Å². The molecule has 0 amide bonds. The molecule has 6 heteroatoms. The van der Waals surface area contributed by atoms with E-state index in [1.165, 1.54) is 0 Å². The Morgan fingerprint density at radius 1 is 0.292 bits per heavy atom. The summed E-state index contributed by atoms with van der Waals surface area (Å²) in [5, 5.41) is 33.8. The van der Waals surface area contributed by atoms with E-state index in [9.17, 15) is 10.2 Å². The van der Waals surface area contributed by atoms with Crippen molar-refractivity contribution in [2.75, 3.05) is 0 Å². The van der Waals surface area contributed by atoms with Gasteiger partial charge in [-0.25, -0.2) is 0 Å². The van der Waals surface area contributed by atoms with Crippen molar-refractivity contribution in [1.29, 1.82) is 0 Å². The Bertz CT molecular complexity index is 2480. The molecule has 0 fully saturated rings. The molecule has 0 unspecified atom stereocenters. The van der Waals surface area contributed by atoms with Crippen LogP contribution in [0, 0.1) is 0 Å². The van der Waals surface area contributed by atoms with Crippen molar-refractivity contribution >= 4 is 90.5 Å². The maximum atomic E-state index is 11.5. The lowest BCUT2D eigenvalue weighted by Crippen LogP contribution is -2.29. The number of benzene rings is 9. The highest BCUT2D eigenvalue weighted by atomic mass is 16.4. The van der Waals surface area contributed by atoms with Gasteiger partial charge < -0.3 is 19.5 Å². The number of phenolic OH excluding ortho intramolecular Hbond substituents is 2. The van der Waals surface area contributed by atoms with Gasteiger partial charge in [0.25, 0.3) is 0 Å². The zero-order valence-corrected chi connectivity index (χ0v) is 25.7. The first-order valence-electron chi connectivity index (χ1n) is 15.9. The van der Waals surface area contributed by atoms with Crippen molar-refractivity contribution in [3.63, 3.8) is 0 Å². The van der Waals surface area contributed by atoms with Gasteiger partial charge in [0.2, 0.25) is 0 Å². The molecule has 0 aromatic heterocycles. The van der Waals surface area contributed by atoms with Crippen LogP contribution in [0.25, 0.3) is 64.6 Å². The summed E-state index contributed by atoms with van der Waals surface area (Å²) in [4.78, 5) is 0. The third-order valence-electron chi connectivity index (χ3n) is 9.32. The van der Waals surface area contributed by atoms with Gasteiger partial charge in [0.05, 0.1) is 0 Å². The molecule has 9 aromatic carbocycles. The van der Waals surface area contributed by atoms with E-state index in [4.69, 9.17) is 9.31 Å². The molecule has 48 heavy (non-hydrogen) atoms. The summed E-state index contributed by atoms with van der Waals surface area (Å²) in [6.07, 6.45) is 0. The Morgan fingerprint density at radius 2 is 0.521 bits per heavy atom. The third kappa shape index (κ3) is 4.34. The van der Waals surface area contributed by atoms with Crippen molar-refractivity contribution in [2.45, 2.75) is 0 Å². The first kappa shape index (κ1) is 28.1. The highest BCUT2D eigenvalue weighted by Gasteiger charge is 2.22. The standard InChI is InChI=1S/C42H26B2O4/c45-39-33-21-9-1-13-25(33)27-15-3-11-23-35(27)41(39)47-43-37-29-17-5-7-19-31(29)38(32-20-8-6-18-30(32)37)44-48-42-36-24-12-4-16-28(36)26-14-2-10-22-34(26)40(42)46/h1-24,45-46H. The van der Waals surface area contributed by atoms with Gasteiger partial charge in [0.15, 0.2) is 23.0 Å². The molecular formula is C42H26B2O4. The van der Waals surface area contributed by atoms with Gasteiger partial charge in [-0.3, -0.25) is 0 Å². The fourth-order valence-electron chi connectivity index (χ4n) is 7.10. The van der Waals surface area contributed by atoms with Gasteiger partial charge in [-0.05, 0) is 54.0 Å². The second-order valence-electron chi connectivity index (χ2n) is 11.9. The normalized spacial score (nSPS) is 11.5. The molecule has 2 N–H and O–H groups in total. The van der Waals surface area contributed by atoms with Crippen LogP contribution >= 0.6 is 0 Å². The molecular weight excluding hydrogens is 590 g/mol.